The Balaban J connectivity index is 1.61. The van der Waals surface area contributed by atoms with Crippen LogP contribution in [0.5, 0.6) is 0 Å². The molecule has 1 aromatic heterocycles. The van der Waals surface area contributed by atoms with Crippen molar-refractivity contribution in [3.8, 4) is 0 Å². The molecule has 1 heterocycles. The van der Waals surface area contributed by atoms with Crippen LogP contribution in [0.2, 0.25) is 0 Å². The summed E-state index contributed by atoms with van der Waals surface area (Å²) in [5, 5.41) is 14.3. The molecule has 152 valence electrons. The van der Waals surface area contributed by atoms with E-state index in [4.69, 9.17) is 0 Å². The predicted octanol–water partition coefficient (Wildman–Crippen LogP) is 2.62. The van der Waals surface area contributed by atoms with Crippen LogP contribution < -0.4 is 5.32 Å². The van der Waals surface area contributed by atoms with Gasteiger partial charge < -0.3 is 5.32 Å². The van der Waals surface area contributed by atoms with Gasteiger partial charge in [0.25, 0.3) is 0 Å². The quantitative estimate of drug-likeness (QED) is 0.574. The monoisotopic (exact) mass is 392 g/mol. The van der Waals surface area contributed by atoms with Crippen molar-refractivity contribution in [2.45, 2.75) is 39.4 Å². The van der Waals surface area contributed by atoms with E-state index in [-0.39, 0.29) is 5.91 Å². The molecule has 0 bridgehead atoms. The van der Waals surface area contributed by atoms with Gasteiger partial charge in [-0.25, -0.2) is 4.68 Å². The van der Waals surface area contributed by atoms with Gasteiger partial charge in [0.15, 0.2) is 0 Å². The Morgan fingerprint density at radius 2 is 1.69 bits per heavy atom. The summed E-state index contributed by atoms with van der Waals surface area (Å²) in [5.74, 6) is -0.103. The predicted molar refractivity (Wildman–Crippen MR) is 112 cm³/mol. The highest BCUT2D eigenvalue weighted by Gasteiger charge is 2.22. The summed E-state index contributed by atoms with van der Waals surface area (Å²) in [6, 6.07) is 17.8. The van der Waals surface area contributed by atoms with Gasteiger partial charge in [0, 0.05) is 19.5 Å². The summed E-state index contributed by atoms with van der Waals surface area (Å²) in [7, 11) is 0. The van der Waals surface area contributed by atoms with E-state index in [0.717, 1.165) is 30.8 Å². The minimum atomic E-state index is -0.491. The smallest absolute Gasteiger partial charge is 0.245 e. The summed E-state index contributed by atoms with van der Waals surface area (Å²) in [4.78, 5) is 15.2. The second-order valence-corrected chi connectivity index (χ2v) is 6.99. The van der Waals surface area contributed by atoms with Crippen molar-refractivity contribution in [1.29, 1.82) is 0 Å². The molecule has 1 N–H and O–H groups in total. The van der Waals surface area contributed by atoms with Crippen molar-refractivity contribution >= 4 is 5.91 Å². The van der Waals surface area contributed by atoms with Crippen LogP contribution in [0, 0.1) is 0 Å². The van der Waals surface area contributed by atoms with Gasteiger partial charge in [-0.1, -0.05) is 68.4 Å². The third-order valence-corrected chi connectivity index (χ3v) is 5.05. The van der Waals surface area contributed by atoms with Crippen LogP contribution in [0.15, 0.2) is 60.9 Å². The fourth-order valence-corrected chi connectivity index (χ4v) is 3.23. The molecule has 0 saturated heterocycles. The van der Waals surface area contributed by atoms with Crippen molar-refractivity contribution in [2.75, 3.05) is 13.1 Å². The molecular formula is C22H28N6O. The maximum atomic E-state index is 12.9. The molecule has 0 aliphatic carbocycles. The lowest BCUT2D eigenvalue weighted by Crippen LogP contribution is -2.34. The molecular weight excluding hydrogens is 364 g/mol. The molecule has 1 atom stereocenters. The first-order valence-corrected chi connectivity index (χ1v) is 10.0. The third kappa shape index (κ3) is 5.96. The van der Waals surface area contributed by atoms with Gasteiger partial charge in [-0.2, -0.15) is 0 Å². The summed E-state index contributed by atoms with van der Waals surface area (Å²) < 4.78 is 1.51. The van der Waals surface area contributed by atoms with Crippen molar-refractivity contribution in [3.63, 3.8) is 0 Å². The first-order valence-electron chi connectivity index (χ1n) is 10.0. The fraction of sp³-hybridized carbons (Fsp3) is 0.364. The van der Waals surface area contributed by atoms with Crippen LogP contribution in [0.25, 0.3) is 0 Å². The number of aromatic nitrogens is 4. The zero-order chi connectivity index (χ0) is 20.5. The number of carbonyl (C=O) groups excluding carboxylic acids is 1. The van der Waals surface area contributed by atoms with E-state index in [2.05, 4.69) is 63.9 Å². The summed E-state index contributed by atoms with van der Waals surface area (Å²) in [6.07, 6.45) is 2.01. The first kappa shape index (κ1) is 20.7. The molecule has 1 amide bonds. The molecule has 0 radical (unpaired) electrons. The van der Waals surface area contributed by atoms with Crippen molar-refractivity contribution < 1.29 is 4.79 Å². The number of hydrogen-bond acceptors (Lipinski definition) is 5. The number of tetrazole rings is 1. The Kier molecular flexibility index (Phi) is 7.47. The Bertz CT molecular complexity index is 860. The average Bonchev–Trinajstić information content (AvgIpc) is 3.30. The van der Waals surface area contributed by atoms with Gasteiger partial charge >= 0.3 is 0 Å². The number of carbonyl (C=O) groups is 1. The number of hydrogen-bond donors (Lipinski definition) is 1. The fourth-order valence-electron chi connectivity index (χ4n) is 3.23. The Hall–Kier alpha value is -3.06. The van der Waals surface area contributed by atoms with Crippen molar-refractivity contribution in [2.24, 2.45) is 0 Å². The van der Waals surface area contributed by atoms with Gasteiger partial charge in [-0.3, -0.25) is 9.69 Å². The second-order valence-electron chi connectivity index (χ2n) is 6.99. The number of nitrogens with one attached hydrogen (secondary N) is 1. The normalized spacial score (nSPS) is 12.1. The maximum Gasteiger partial charge on any atom is 0.245 e. The van der Waals surface area contributed by atoms with Gasteiger partial charge in [0.2, 0.25) is 5.91 Å². The lowest BCUT2D eigenvalue weighted by Gasteiger charge is -2.18. The van der Waals surface area contributed by atoms with E-state index in [1.165, 1.54) is 16.6 Å². The molecule has 3 rings (SSSR count). The van der Waals surface area contributed by atoms with Crippen LogP contribution in [-0.4, -0.2) is 44.1 Å². The Morgan fingerprint density at radius 1 is 1.00 bits per heavy atom. The van der Waals surface area contributed by atoms with Crippen LogP contribution in [0.1, 0.15) is 36.6 Å². The Morgan fingerprint density at radius 3 is 2.31 bits per heavy atom. The maximum absolute atomic E-state index is 12.9. The highest BCUT2D eigenvalue weighted by atomic mass is 16.2. The summed E-state index contributed by atoms with van der Waals surface area (Å²) >= 11 is 0. The number of benzene rings is 2. The van der Waals surface area contributed by atoms with E-state index in [0.29, 0.717) is 13.0 Å². The van der Waals surface area contributed by atoms with E-state index >= 15 is 0 Å². The molecule has 7 heteroatoms. The van der Waals surface area contributed by atoms with Gasteiger partial charge in [-0.15, -0.1) is 5.10 Å². The third-order valence-electron chi connectivity index (χ3n) is 5.05. The van der Waals surface area contributed by atoms with Crippen LogP contribution >= 0.6 is 0 Å². The lowest BCUT2D eigenvalue weighted by atomic mass is 10.1. The molecule has 29 heavy (non-hydrogen) atoms. The number of amides is 1. The minimum absolute atomic E-state index is 0.103. The number of rotatable bonds is 10. The molecule has 0 aliphatic heterocycles. The average molecular weight is 393 g/mol. The standard InChI is InChI=1S/C22H28N6O/c1-3-27(4-2)16-20-12-10-19(11-13-20)15-23-22(29)21(28-17-24-25-26-28)14-18-8-6-5-7-9-18/h5-13,17,21H,3-4,14-16H2,1-2H3,(H,23,29). The minimum Gasteiger partial charge on any atom is -0.350 e. The molecule has 7 nitrogen and oxygen atoms in total. The van der Waals surface area contributed by atoms with E-state index in [1.807, 2.05) is 30.3 Å². The Labute approximate surface area is 171 Å². The molecule has 0 aliphatic rings. The zero-order valence-corrected chi connectivity index (χ0v) is 17.0. The van der Waals surface area contributed by atoms with E-state index in [9.17, 15) is 4.79 Å². The van der Waals surface area contributed by atoms with Gasteiger partial charge in [-0.05, 0) is 40.2 Å². The SMILES string of the molecule is CCN(CC)Cc1ccc(CNC(=O)C(Cc2ccccc2)n2cnnn2)cc1. The van der Waals surface area contributed by atoms with Crippen molar-refractivity contribution in [1.82, 2.24) is 30.4 Å². The summed E-state index contributed by atoms with van der Waals surface area (Å²) in [5.41, 5.74) is 3.40. The molecule has 0 spiro atoms. The molecule has 3 aromatic rings. The highest BCUT2D eigenvalue weighted by Crippen LogP contribution is 2.14. The van der Waals surface area contributed by atoms with Gasteiger partial charge in [0.05, 0.1) is 0 Å². The molecule has 1 unspecified atom stereocenters. The number of nitrogens with zero attached hydrogens (tertiary/aromatic N) is 5. The lowest BCUT2D eigenvalue weighted by molar-refractivity contribution is -0.124. The zero-order valence-electron chi connectivity index (χ0n) is 17.0. The topological polar surface area (TPSA) is 75.9 Å². The van der Waals surface area contributed by atoms with Gasteiger partial charge in [0.1, 0.15) is 12.4 Å². The van der Waals surface area contributed by atoms with E-state index in [1.54, 1.807) is 0 Å². The second kappa shape index (κ2) is 10.5. The van der Waals surface area contributed by atoms with Crippen LogP contribution in [0.3, 0.4) is 0 Å². The first-order chi connectivity index (χ1) is 14.2. The van der Waals surface area contributed by atoms with Crippen LogP contribution in [0.4, 0.5) is 0 Å². The molecule has 2 aromatic carbocycles. The van der Waals surface area contributed by atoms with Crippen LogP contribution in [-0.2, 0) is 24.3 Å². The summed E-state index contributed by atoms with van der Waals surface area (Å²) in [6.45, 7) is 7.83. The molecule has 0 saturated carbocycles. The largest absolute Gasteiger partial charge is 0.350 e. The highest BCUT2D eigenvalue weighted by molar-refractivity contribution is 5.80. The van der Waals surface area contributed by atoms with Crippen molar-refractivity contribution in [3.05, 3.63) is 77.6 Å². The molecule has 0 fully saturated rings. The van der Waals surface area contributed by atoms with E-state index < -0.39 is 6.04 Å².